The number of hydrogen-bond donors (Lipinski definition) is 2. The summed E-state index contributed by atoms with van der Waals surface area (Å²) in [4.78, 5) is 23.6. The van der Waals surface area contributed by atoms with Crippen molar-refractivity contribution in [2.75, 3.05) is 18.9 Å². The van der Waals surface area contributed by atoms with Gasteiger partial charge in [-0.25, -0.2) is 4.79 Å². The van der Waals surface area contributed by atoms with Gasteiger partial charge in [0.2, 0.25) is 0 Å². The number of carbonyl (C=O) groups is 1. The molecule has 1 rings (SSSR count). The van der Waals surface area contributed by atoms with Gasteiger partial charge in [-0.05, 0) is 26.3 Å². The van der Waals surface area contributed by atoms with E-state index >= 15 is 0 Å². The van der Waals surface area contributed by atoms with Crippen molar-refractivity contribution < 1.29 is 14.8 Å². The molecule has 0 aliphatic rings. The predicted molar refractivity (Wildman–Crippen MR) is 75.8 cm³/mol. The van der Waals surface area contributed by atoms with Crippen LogP contribution in [0.25, 0.3) is 0 Å². The lowest BCUT2D eigenvalue weighted by atomic mass is 10.2. The Labute approximate surface area is 117 Å². The van der Waals surface area contributed by atoms with Crippen molar-refractivity contribution in [1.29, 1.82) is 0 Å². The molecule has 2 N–H and O–H groups in total. The van der Waals surface area contributed by atoms with E-state index in [0.717, 1.165) is 0 Å². The maximum Gasteiger partial charge on any atom is 0.321 e. The zero-order chi connectivity index (χ0) is 15.3. The Morgan fingerprint density at radius 2 is 2.20 bits per heavy atom. The van der Waals surface area contributed by atoms with Gasteiger partial charge in [0, 0.05) is 30.9 Å². The van der Waals surface area contributed by atoms with Crippen molar-refractivity contribution in [3.05, 3.63) is 33.9 Å². The summed E-state index contributed by atoms with van der Waals surface area (Å²) >= 11 is 0. The smallest absolute Gasteiger partial charge is 0.321 e. The van der Waals surface area contributed by atoms with Crippen molar-refractivity contribution in [1.82, 2.24) is 4.90 Å². The Hall–Kier alpha value is -2.15. The van der Waals surface area contributed by atoms with Gasteiger partial charge in [-0.2, -0.15) is 0 Å². The third-order valence-electron chi connectivity index (χ3n) is 2.89. The van der Waals surface area contributed by atoms with Crippen molar-refractivity contribution >= 4 is 17.4 Å². The largest absolute Gasteiger partial charge is 0.393 e. The third-order valence-corrected chi connectivity index (χ3v) is 2.89. The predicted octanol–water partition coefficient (Wildman–Crippen LogP) is 2.14. The molecule has 110 valence electrons. The average Bonchev–Trinajstić information content (AvgIpc) is 2.37. The molecule has 0 aliphatic heterocycles. The molecule has 7 heteroatoms. The lowest BCUT2D eigenvalue weighted by Crippen LogP contribution is -2.33. The van der Waals surface area contributed by atoms with E-state index in [-0.39, 0.29) is 11.7 Å². The molecular weight excluding hydrogens is 262 g/mol. The van der Waals surface area contributed by atoms with E-state index in [9.17, 15) is 14.9 Å². The van der Waals surface area contributed by atoms with E-state index in [1.807, 2.05) is 0 Å². The number of nitrogens with one attached hydrogen (secondary N) is 1. The van der Waals surface area contributed by atoms with E-state index in [1.165, 1.54) is 11.0 Å². The second kappa shape index (κ2) is 6.85. The van der Waals surface area contributed by atoms with Gasteiger partial charge in [-0.1, -0.05) is 6.07 Å². The molecule has 20 heavy (non-hydrogen) atoms. The molecule has 0 fully saturated rings. The summed E-state index contributed by atoms with van der Waals surface area (Å²) in [7, 11) is 1.60. The van der Waals surface area contributed by atoms with E-state index < -0.39 is 11.0 Å². The molecule has 0 saturated carbocycles. The summed E-state index contributed by atoms with van der Waals surface area (Å²) in [5.41, 5.74) is 0.876. The van der Waals surface area contributed by atoms with Crippen LogP contribution in [0.3, 0.4) is 0 Å². The van der Waals surface area contributed by atoms with E-state index in [1.54, 1.807) is 33.0 Å². The van der Waals surface area contributed by atoms with Gasteiger partial charge in [0.15, 0.2) is 0 Å². The van der Waals surface area contributed by atoms with Gasteiger partial charge in [-0.3, -0.25) is 10.1 Å². The molecule has 0 radical (unpaired) electrons. The van der Waals surface area contributed by atoms with Gasteiger partial charge < -0.3 is 15.3 Å². The Morgan fingerprint density at radius 1 is 1.55 bits per heavy atom. The Kier molecular flexibility index (Phi) is 5.45. The van der Waals surface area contributed by atoms with Crippen LogP contribution in [0, 0.1) is 17.0 Å². The normalized spacial score (nSPS) is 11.8. The van der Waals surface area contributed by atoms with Crippen LogP contribution in [-0.4, -0.2) is 40.7 Å². The first kappa shape index (κ1) is 15.9. The SMILES string of the molecule is Cc1ccc(NC(=O)N(C)CCC(C)O)cc1[N+](=O)[O-]. The quantitative estimate of drug-likeness (QED) is 0.638. The Balaban J connectivity index is 2.71. The summed E-state index contributed by atoms with van der Waals surface area (Å²) in [5.74, 6) is 0. The summed E-state index contributed by atoms with van der Waals surface area (Å²) in [5, 5.41) is 22.6. The van der Waals surface area contributed by atoms with Crippen LogP contribution in [-0.2, 0) is 0 Å². The Morgan fingerprint density at radius 3 is 2.75 bits per heavy atom. The van der Waals surface area contributed by atoms with Gasteiger partial charge in [-0.15, -0.1) is 0 Å². The molecule has 1 atom stereocenters. The second-order valence-electron chi connectivity index (χ2n) is 4.75. The molecule has 0 bridgehead atoms. The first-order chi connectivity index (χ1) is 9.31. The van der Waals surface area contributed by atoms with Gasteiger partial charge in [0.1, 0.15) is 0 Å². The minimum Gasteiger partial charge on any atom is -0.393 e. The highest BCUT2D eigenvalue weighted by molar-refractivity contribution is 5.89. The number of aliphatic hydroxyl groups excluding tert-OH is 1. The number of carbonyl (C=O) groups excluding carboxylic acids is 1. The van der Waals surface area contributed by atoms with Crippen LogP contribution in [0.15, 0.2) is 18.2 Å². The molecule has 0 aliphatic carbocycles. The van der Waals surface area contributed by atoms with Crippen LogP contribution in [0.1, 0.15) is 18.9 Å². The second-order valence-corrected chi connectivity index (χ2v) is 4.75. The number of aliphatic hydroxyl groups is 1. The first-order valence-electron chi connectivity index (χ1n) is 6.26. The van der Waals surface area contributed by atoms with Crippen LogP contribution < -0.4 is 5.32 Å². The zero-order valence-corrected chi connectivity index (χ0v) is 11.8. The summed E-state index contributed by atoms with van der Waals surface area (Å²) in [6.07, 6.45) is -0.0106. The van der Waals surface area contributed by atoms with Crippen LogP contribution in [0.5, 0.6) is 0 Å². The van der Waals surface area contributed by atoms with E-state index in [0.29, 0.717) is 24.2 Å². The molecule has 0 heterocycles. The lowest BCUT2D eigenvalue weighted by Gasteiger charge is -2.18. The minimum absolute atomic E-state index is 0.0329. The van der Waals surface area contributed by atoms with Gasteiger partial charge in [0.05, 0.1) is 11.0 Å². The zero-order valence-electron chi connectivity index (χ0n) is 11.8. The van der Waals surface area contributed by atoms with E-state index in [4.69, 9.17) is 5.11 Å². The maximum atomic E-state index is 11.9. The van der Waals surface area contributed by atoms with Crippen LogP contribution >= 0.6 is 0 Å². The maximum absolute atomic E-state index is 11.9. The number of nitrogens with zero attached hydrogens (tertiary/aromatic N) is 2. The number of benzene rings is 1. The molecule has 0 saturated heterocycles. The van der Waals surface area contributed by atoms with Crippen LogP contribution in [0.2, 0.25) is 0 Å². The first-order valence-corrected chi connectivity index (χ1v) is 6.26. The molecular formula is C13H19N3O4. The molecule has 1 aromatic carbocycles. The number of urea groups is 1. The number of nitro groups is 1. The number of nitro benzene ring substituents is 1. The average molecular weight is 281 g/mol. The number of hydrogen-bond acceptors (Lipinski definition) is 4. The van der Waals surface area contributed by atoms with Crippen molar-refractivity contribution in [3.63, 3.8) is 0 Å². The summed E-state index contributed by atoms with van der Waals surface area (Å²) in [6, 6.07) is 4.16. The fourth-order valence-corrected chi connectivity index (χ4v) is 1.58. The van der Waals surface area contributed by atoms with E-state index in [2.05, 4.69) is 5.32 Å². The molecule has 1 aromatic rings. The summed E-state index contributed by atoms with van der Waals surface area (Å²) in [6.45, 7) is 3.69. The number of rotatable bonds is 5. The number of aryl methyl sites for hydroxylation is 1. The molecule has 7 nitrogen and oxygen atoms in total. The number of anilines is 1. The third kappa shape index (κ3) is 4.51. The summed E-state index contributed by atoms with van der Waals surface area (Å²) < 4.78 is 0. The van der Waals surface area contributed by atoms with Crippen molar-refractivity contribution in [3.8, 4) is 0 Å². The molecule has 0 aromatic heterocycles. The highest BCUT2D eigenvalue weighted by Crippen LogP contribution is 2.22. The highest BCUT2D eigenvalue weighted by Gasteiger charge is 2.14. The van der Waals surface area contributed by atoms with Gasteiger partial charge >= 0.3 is 6.03 Å². The van der Waals surface area contributed by atoms with Crippen molar-refractivity contribution in [2.24, 2.45) is 0 Å². The van der Waals surface area contributed by atoms with Crippen molar-refractivity contribution in [2.45, 2.75) is 26.4 Å². The minimum atomic E-state index is -0.484. The van der Waals surface area contributed by atoms with Crippen LogP contribution in [0.4, 0.5) is 16.2 Å². The monoisotopic (exact) mass is 281 g/mol. The fraction of sp³-hybridized carbons (Fsp3) is 0.462. The van der Waals surface area contributed by atoms with Gasteiger partial charge in [0.25, 0.3) is 5.69 Å². The fourth-order valence-electron chi connectivity index (χ4n) is 1.58. The number of amides is 2. The lowest BCUT2D eigenvalue weighted by molar-refractivity contribution is -0.385. The molecule has 1 unspecified atom stereocenters. The molecule has 0 spiro atoms. The Bertz CT molecular complexity index is 502. The standard InChI is InChI=1S/C13H19N3O4/c1-9-4-5-11(8-12(9)16(19)20)14-13(18)15(3)7-6-10(2)17/h4-5,8,10,17H,6-7H2,1-3H3,(H,14,18). The topological polar surface area (TPSA) is 95.7 Å². The highest BCUT2D eigenvalue weighted by atomic mass is 16.6. The molecule has 2 amide bonds.